The predicted molar refractivity (Wildman–Crippen MR) is 51.2 cm³/mol. The van der Waals surface area contributed by atoms with Gasteiger partial charge in [0.25, 0.3) is 0 Å². The zero-order valence-electron chi connectivity index (χ0n) is 7.62. The summed E-state index contributed by atoms with van der Waals surface area (Å²) >= 11 is 0. The Hall–Kier alpha value is -1.25. The topological polar surface area (TPSA) is 29.9 Å². The molecule has 12 heavy (non-hydrogen) atoms. The van der Waals surface area contributed by atoms with E-state index in [0.717, 1.165) is 12.5 Å². The van der Waals surface area contributed by atoms with Gasteiger partial charge in [0.1, 0.15) is 0 Å². The van der Waals surface area contributed by atoms with Crippen LogP contribution in [0.15, 0.2) is 25.0 Å². The molecule has 0 aliphatic rings. The third kappa shape index (κ3) is 2.12. The summed E-state index contributed by atoms with van der Waals surface area (Å²) in [6, 6.07) is 0.413. The first-order valence-corrected chi connectivity index (χ1v) is 4.12. The molecule has 0 aliphatic heterocycles. The highest BCUT2D eigenvalue weighted by atomic mass is 15.2. The number of imidazole rings is 1. The van der Waals surface area contributed by atoms with Crippen molar-refractivity contribution in [3.8, 4) is 0 Å². The summed E-state index contributed by atoms with van der Waals surface area (Å²) in [5.41, 5.74) is 0. The zero-order valence-corrected chi connectivity index (χ0v) is 7.62. The molecule has 1 rings (SSSR count). The molecular weight excluding hydrogens is 150 g/mol. The van der Waals surface area contributed by atoms with Gasteiger partial charge in [0, 0.05) is 25.0 Å². The number of hydrogen-bond acceptors (Lipinski definition) is 2. The van der Waals surface area contributed by atoms with Gasteiger partial charge in [-0.2, -0.15) is 0 Å². The summed E-state index contributed by atoms with van der Waals surface area (Å²) in [5.74, 6) is 0.907. The number of aromatic nitrogens is 2. The molecule has 0 aromatic carbocycles. The smallest absolute Gasteiger partial charge is 0.203 e. The Kier molecular flexibility index (Phi) is 2.91. The number of nitrogens with zero attached hydrogens (tertiary/aromatic N) is 2. The lowest BCUT2D eigenvalue weighted by Crippen LogP contribution is -2.14. The molecular formula is C9H15N3. The quantitative estimate of drug-likeness (QED) is 0.690. The van der Waals surface area contributed by atoms with E-state index < -0.39 is 0 Å². The van der Waals surface area contributed by atoms with Crippen LogP contribution in [0.3, 0.4) is 0 Å². The third-order valence-corrected chi connectivity index (χ3v) is 1.46. The van der Waals surface area contributed by atoms with E-state index in [-0.39, 0.29) is 0 Å². The monoisotopic (exact) mass is 165 g/mol. The summed E-state index contributed by atoms with van der Waals surface area (Å²) in [4.78, 5) is 4.18. The van der Waals surface area contributed by atoms with Crippen LogP contribution in [0.4, 0.5) is 5.95 Å². The first-order chi connectivity index (χ1) is 5.74. The van der Waals surface area contributed by atoms with Crippen molar-refractivity contribution in [2.45, 2.75) is 26.4 Å². The lowest BCUT2D eigenvalue weighted by molar-refractivity contribution is 0.790. The van der Waals surface area contributed by atoms with Crippen molar-refractivity contribution in [1.29, 1.82) is 0 Å². The summed E-state index contributed by atoms with van der Waals surface area (Å²) in [6.45, 7) is 8.66. The number of allylic oxidation sites excluding steroid dienone is 1. The molecule has 0 spiro atoms. The first-order valence-electron chi connectivity index (χ1n) is 4.12. The lowest BCUT2D eigenvalue weighted by atomic mass is 10.4. The van der Waals surface area contributed by atoms with Crippen LogP contribution in [0.25, 0.3) is 0 Å². The van der Waals surface area contributed by atoms with Crippen molar-refractivity contribution in [3.05, 3.63) is 25.0 Å². The van der Waals surface area contributed by atoms with E-state index in [0.29, 0.717) is 6.04 Å². The molecule has 0 bridgehead atoms. The molecule has 0 radical (unpaired) electrons. The van der Waals surface area contributed by atoms with Crippen molar-refractivity contribution in [1.82, 2.24) is 9.55 Å². The molecule has 0 unspecified atom stereocenters. The average Bonchev–Trinajstić information content (AvgIpc) is 2.37. The van der Waals surface area contributed by atoms with Gasteiger partial charge in [-0.05, 0) is 13.8 Å². The van der Waals surface area contributed by atoms with Crippen LogP contribution in [0.1, 0.15) is 13.8 Å². The highest BCUT2D eigenvalue weighted by Gasteiger charge is 2.00. The van der Waals surface area contributed by atoms with E-state index in [2.05, 4.69) is 30.7 Å². The second-order valence-electron chi connectivity index (χ2n) is 2.99. The molecule has 1 aromatic rings. The van der Waals surface area contributed by atoms with Gasteiger partial charge in [0.15, 0.2) is 0 Å². The fourth-order valence-corrected chi connectivity index (χ4v) is 0.994. The minimum atomic E-state index is 0.413. The Morgan fingerprint density at radius 1 is 1.75 bits per heavy atom. The van der Waals surface area contributed by atoms with Gasteiger partial charge < -0.3 is 9.88 Å². The molecule has 0 atom stereocenters. The van der Waals surface area contributed by atoms with Gasteiger partial charge in [-0.3, -0.25) is 0 Å². The Morgan fingerprint density at radius 2 is 2.50 bits per heavy atom. The van der Waals surface area contributed by atoms with Gasteiger partial charge in [0.05, 0.1) is 0 Å². The van der Waals surface area contributed by atoms with Crippen LogP contribution in [-0.2, 0) is 6.54 Å². The van der Waals surface area contributed by atoms with Gasteiger partial charge in [0.2, 0.25) is 5.95 Å². The molecule has 3 heteroatoms. The molecule has 0 saturated carbocycles. The number of anilines is 1. The molecule has 1 aromatic heterocycles. The second-order valence-corrected chi connectivity index (χ2v) is 2.99. The van der Waals surface area contributed by atoms with E-state index in [1.54, 1.807) is 6.20 Å². The molecule has 0 amide bonds. The Balaban J connectivity index is 2.69. The van der Waals surface area contributed by atoms with Gasteiger partial charge in [-0.15, -0.1) is 6.58 Å². The van der Waals surface area contributed by atoms with Crippen LogP contribution in [0.2, 0.25) is 0 Å². The summed E-state index contributed by atoms with van der Waals surface area (Å²) in [5, 5.41) is 3.24. The van der Waals surface area contributed by atoms with Crippen LogP contribution in [0.5, 0.6) is 0 Å². The van der Waals surface area contributed by atoms with Crippen LogP contribution in [-0.4, -0.2) is 15.6 Å². The molecule has 0 aliphatic carbocycles. The normalized spacial score (nSPS) is 10.2. The molecule has 1 heterocycles. The van der Waals surface area contributed by atoms with Crippen molar-refractivity contribution in [2.75, 3.05) is 5.32 Å². The maximum absolute atomic E-state index is 4.18. The van der Waals surface area contributed by atoms with Crippen LogP contribution >= 0.6 is 0 Å². The van der Waals surface area contributed by atoms with Crippen LogP contribution in [0, 0.1) is 0 Å². The largest absolute Gasteiger partial charge is 0.353 e. The van der Waals surface area contributed by atoms with E-state index in [1.807, 2.05) is 16.8 Å². The first kappa shape index (κ1) is 8.84. The van der Waals surface area contributed by atoms with Crippen molar-refractivity contribution in [3.63, 3.8) is 0 Å². The standard InChI is InChI=1S/C9H15N3/c1-4-6-12-7-5-10-9(12)11-8(2)3/h4-5,7-8H,1,6H2,2-3H3,(H,10,11). The second kappa shape index (κ2) is 3.95. The summed E-state index contributed by atoms with van der Waals surface area (Å²) < 4.78 is 2.02. The predicted octanol–water partition coefficient (Wildman–Crippen LogP) is 1.89. The SMILES string of the molecule is C=CCn1ccnc1NC(C)C. The molecule has 66 valence electrons. The van der Waals surface area contributed by atoms with Gasteiger partial charge >= 0.3 is 0 Å². The molecule has 0 saturated heterocycles. The Labute approximate surface area is 73.1 Å². The Bertz CT molecular complexity index is 250. The van der Waals surface area contributed by atoms with Gasteiger partial charge in [-0.1, -0.05) is 6.08 Å². The summed E-state index contributed by atoms with van der Waals surface area (Å²) in [6.07, 6.45) is 5.58. The highest BCUT2D eigenvalue weighted by Crippen LogP contribution is 2.05. The number of nitrogens with one attached hydrogen (secondary N) is 1. The Morgan fingerprint density at radius 3 is 3.08 bits per heavy atom. The summed E-state index contributed by atoms with van der Waals surface area (Å²) in [7, 11) is 0. The zero-order chi connectivity index (χ0) is 8.97. The van der Waals surface area contributed by atoms with Crippen molar-refractivity contribution in [2.24, 2.45) is 0 Å². The van der Waals surface area contributed by atoms with Crippen molar-refractivity contribution < 1.29 is 0 Å². The lowest BCUT2D eigenvalue weighted by Gasteiger charge is -2.10. The molecule has 0 fully saturated rings. The highest BCUT2D eigenvalue weighted by molar-refractivity contribution is 5.27. The molecule has 1 N–H and O–H groups in total. The maximum atomic E-state index is 4.18. The fraction of sp³-hybridized carbons (Fsp3) is 0.444. The van der Waals surface area contributed by atoms with Gasteiger partial charge in [-0.25, -0.2) is 4.98 Å². The number of rotatable bonds is 4. The molecule has 3 nitrogen and oxygen atoms in total. The van der Waals surface area contributed by atoms with E-state index in [1.165, 1.54) is 0 Å². The average molecular weight is 165 g/mol. The van der Waals surface area contributed by atoms with E-state index in [9.17, 15) is 0 Å². The fourth-order valence-electron chi connectivity index (χ4n) is 0.994. The number of hydrogen-bond donors (Lipinski definition) is 1. The van der Waals surface area contributed by atoms with Crippen molar-refractivity contribution >= 4 is 5.95 Å². The minimum Gasteiger partial charge on any atom is -0.353 e. The van der Waals surface area contributed by atoms with E-state index in [4.69, 9.17) is 0 Å². The van der Waals surface area contributed by atoms with E-state index >= 15 is 0 Å². The third-order valence-electron chi connectivity index (χ3n) is 1.46. The maximum Gasteiger partial charge on any atom is 0.203 e. The minimum absolute atomic E-state index is 0.413. The van der Waals surface area contributed by atoms with Crippen LogP contribution < -0.4 is 5.32 Å².